The van der Waals surface area contributed by atoms with Crippen LogP contribution in [-0.4, -0.2) is 9.13 Å². The summed E-state index contributed by atoms with van der Waals surface area (Å²) in [4.78, 5) is 0. The number of hydrogen-bond acceptors (Lipinski definition) is 4. The zero-order valence-electron chi connectivity index (χ0n) is 32.4. The fourth-order valence-corrected chi connectivity index (χ4v) is 8.69. The van der Waals surface area contributed by atoms with E-state index in [0.717, 1.165) is 67.0 Å². The molecule has 9 heteroatoms. The largest absolute Gasteiger partial charge is 0.416 e. The predicted molar refractivity (Wildman–Crippen MR) is 235 cm³/mol. The van der Waals surface area contributed by atoms with Gasteiger partial charge in [-0.1, -0.05) is 72.8 Å². The van der Waals surface area contributed by atoms with Crippen LogP contribution in [0.3, 0.4) is 0 Å². The van der Waals surface area contributed by atoms with E-state index in [1.807, 2.05) is 130 Å². The fraction of sp³-hybridized carbons (Fsp3) is 0.0189. The van der Waals surface area contributed by atoms with Crippen molar-refractivity contribution in [1.29, 1.82) is 21.0 Å². The Bertz CT molecular complexity index is 3500. The average molecular weight is 805 g/mol. The monoisotopic (exact) mass is 804 g/mol. The van der Waals surface area contributed by atoms with E-state index >= 15 is 0 Å². The normalized spacial score (nSPS) is 11.4. The van der Waals surface area contributed by atoms with Gasteiger partial charge in [0.15, 0.2) is 0 Å². The van der Waals surface area contributed by atoms with Gasteiger partial charge in [0.05, 0.1) is 85.5 Å². The Morgan fingerprint density at radius 2 is 0.855 bits per heavy atom. The minimum Gasteiger partial charge on any atom is -0.308 e. The fourth-order valence-electron chi connectivity index (χ4n) is 8.69. The van der Waals surface area contributed by atoms with Crippen molar-refractivity contribution in [3.05, 3.63) is 192 Å². The van der Waals surface area contributed by atoms with Crippen LogP contribution in [0, 0.1) is 45.3 Å². The number of rotatable bonds is 5. The van der Waals surface area contributed by atoms with Crippen LogP contribution in [-0.2, 0) is 6.18 Å². The van der Waals surface area contributed by atoms with E-state index in [4.69, 9.17) is 0 Å². The topological polar surface area (TPSA) is 105 Å². The third-order valence-electron chi connectivity index (χ3n) is 11.4. The van der Waals surface area contributed by atoms with Crippen molar-refractivity contribution in [1.82, 2.24) is 9.13 Å². The van der Waals surface area contributed by atoms with E-state index in [2.05, 4.69) is 24.3 Å². The highest BCUT2D eigenvalue weighted by atomic mass is 19.4. The van der Waals surface area contributed by atoms with Crippen LogP contribution >= 0.6 is 0 Å². The van der Waals surface area contributed by atoms with Crippen molar-refractivity contribution in [2.45, 2.75) is 6.18 Å². The molecule has 0 aliphatic carbocycles. The molecule has 0 aliphatic heterocycles. The number of halogens is 3. The van der Waals surface area contributed by atoms with Crippen LogP contribution in [0.5, 0.6) is 0 Å². The van der Waals surface area contributed by atoms with Crippen LogP contribution in [0.15, 0.2) is 164 Å². The molecule has 2 heterocycles. The van der Waals surface area contributed by atoms with Gasteiger partial charge >= 0.3 is 6.18 Å². The number of benzene rings is 8. The van der Waals surface area contributed by atoms with Gasteiger partial charge in [-0.05, 0) is 113 Å². The van der Waals surface area contributed by atoms with Crippen LogP contribution in [0.1, 0.15) is 27.8 Å². The summed E-state index contributed by atoms with van der Waals surface area (Å²) >= 11 is 0. The lowest BCUT2D eigenvalue weighted by atomic mass is 9.93. The first kappa shape index (κ1) is 37.4. The van der Waals surface area contributed by atoms with Crippen molar-refractivity contribution >= 4 is 43.6 Å². The molecule has 62 heavy (non-hydrogen) atoms. The lowest BCUT2D eigenvalue weighted by Crippen LogP contribution is -2.08. The highest BCUT2D eigenvalue weighted by molar-refractivity contribution is 6.13. The first-order chi connectivity index (χ1) is 30.2. The maximum Gasteiger partial charge on any atom is 0.416 e. The standard InChI is InChI=1S/C53H27F3N6/c54-53(55,56)40-18-15-39(31-60)43(27-40)52-50(61-46-13-3-1-11-41(46)44-25-37(16-19-48(44)61)35-9-5-7-32(21-35)28-57)23-34(30-59)24-51(52)62-47-14-4-2-12-42(47)45-26-38(17-20-49(45)62)36-10-6-8-33(22-36)29-58/h1-27H. The van der Waals surface area contributed by atoms with E-state index in [-0.39, 0.29) is 16.7 Å². The molecule has 6 nitrogen and oxygen atoms in total. The molecule has 8 aromatic carbocycles. The molecule has 0 atom stereocenters. The minimum absolute atomic E-state index is 0.0195. The second-order valence-electron chi connectivity index (χ2n) is 14.9. The average Bonchev–Trinajstić information content (AvgIpc) is 3.82. The Kier molecular flexibility index (Phi) is 8.70. The molecule has 0 aliphatic rings. The molecule has 0 amide bonds. The molecule has 0 saturated heterocycles. The Labute approximate surface area is 352 Å². The van der Waals surface area contributed by atoms with Gasteiger partial charge in [-0.2, -0.15) is 34.2 Å². The zero-order valence-corrected chi connectivity index (χ0v) is 32.4. The summed E-state index contributed by atoms with van der Waals surface area (Å²) in [6, 6.07) is 57.2. The van der Waals surface area contributed by atoms with Crippen LogP contribution in [0.25, 0.3) is 88.4 Å². The molecule has 0 fully saturated rings. The molecule has 0 unspecified atom stereocenters. The van der Waals surface area contributed by atoms with Gasteiger partial charge in [-0.15, -0.1) is 0 Å². The summed E-state index contributed by atoms with van der Waals surface area (Å²) in [5.74, 6) is 0. The van der Waals surface area contributed by atoms with Gasteiger partial charge in [0, 0.05) is 32.7 Å². The van der Waals surface area contributed by atoms with Gasteiger partial charge in [0.2, 0.25) is 0 Å². The number of alkyl halides is 3. The number of fused-ring (bicyclic) bond motifs is 6. The number of nitriles is 4. The maximum absolute atomic E-state index is 14.7. The number of hydrogen-bond donors (Lipinski definition) is 0. The Hall–Kier alpha value is -8.89. The van der Waals surface area contributed by atoms with Crippen LogP contribution in [0.4, 0.5) is 13.2 Å². The van der Waals surface area contributed by atoms with Gasteiger partial charge < -0.3 is 9.13 Å². The quantitative estimate of drug-likeness (QED) is 0.173. The van der Waals surface area contributed by atoms with Gasteiger partial charge in [-0.25, -0.2) is 0 Å². The number of para-hydroxylation sites is 2. The minimum atomic E-state index is -4.73. The summed E-state index contributed by atoms with van der Waals surface area (Å²) in [5.41, 5.74) is 7.80. The molecule has 0 spiro atoms. The lowest BCUT2D eigenvalue weighted by molar-refractivity contribution is -0.137. The molecular weight excluding hydrogens is 778 g/mol. The van der Waals surface area contributed by atoms with Crippen molar-refractivity contribution in [3.63, 3.8) is 0 Å². The molecule has 10 rings (SSSR count). The van der Waals surface area contributed by atoms with E-state index < -0.39 is 11.7 Å². The molecule has 0 bridgehead atoms. The highest BCUT2D eigenvalue weighted by Gasteiger charge is 2.33. The van der Waals surface area contributed by atoms with Crippen molar-refractivity contribution in [3.8, 4) is 69.0 Å². The van der Waals surface area contributed by atoms with Gasteiger partial charge in [0.25, 0.3) is 0 Å². The third-order valence-corrected chi connectivity index (χ3v) is 11.4. The number of nitrogens with zero attached hydrogens (tertiary/aromatic N) is 6. The zero-order chi connectivity index (χ0) is 42.7. The van der Waals surface area contributed by atoms with Crippen molar-refractivity contribution < 1.29 is 13.2 Å². The molecule has 290 valence electrons. The molecule has 0 N–H and O–H groups in total. The first-order valence-electron chi connectivity index (χ1n) is 19.5. The summed E-state index contributed by atoms with van der Waals surface area (Å²) in [7, 11) is 0. The second kappa shape index (κ2) is 14.4. The summed E-state index contributed by atoms with van der Waals surface area (Å²) in [6.07, 6.45) is -4.73. The molecule has 2 aromatic heterocycles. The van der Waals surface area contributed by atoms with Gasteiger partial charge in [0.1, 0.15) is 0 Å². The molecular formula is C53H27F3N6. The predicted octanol–water partition coefficient (Wildman–Crippen LogP) is 13.4. The van der Waals surface area contributed by atoms with E-state index in [9.17, 15) is 34.2 Å². The Morgan fingerprint density at radius 3 is 1.32 bits per heavy atom. The number of aromatic nitrogens is 2. The summed E-state index contributed by atoms with van der Waals surface area (Å²) in [6.45, 7) is 0. The summed E-state index contributed by atoms with van der Waals surface area (Å²) < 4.78 is 48.0. The third kappa shape index (κ3) is 6.01. The Balaban J connectivity index is 1.35. The second-order valence-corrected chi connectivity index (χ2v) is 14.9. The van der Waals surface area contributed by atoms with Crippen LogP contribution < -0.4 is 0 Å². The lowest BCUT2D eigenvalue weighted by Gasteiger charge is -2.22. The molecule has 0 radical (unpaired) electrons. The Morgan fingerprint density at radius 1 is 0.387 bits per heavy atom. The van der Waals surface area contributed by atoms with Crippen molar-refractivity contribution in [2.24, 2.45) is 0 Å². The van der Waals surface area contributed by atoms with E-state index in [0.29, 0.717) is 39.1 Å². The smallest absolute Gasteiger partial charge is 0.308 e. The maximum atomic E-state index is 14.7. The highest BCUT2D eigenvalue weighted by Crippen LogP contribution is 2.46. The first-order valence-corrected chi connectivity index (χ1v) is 19.5. The molecule has 10 aromatic rings. The van der Waals surface area contributed by atoms with E-state index in [1.54, 1.807) is 24.3 Å². The van der Waals surface area contributed by atoms with E-state index in [1.165, 1.54) is 6.07 Å². The molecule has 0 saturated carbocycles. The van der Waals surface area contributed by atoms with Crippen molar-refractivity contribution in [2.75, 3.05) is 0 Å². The van der Waals surface area contributed by atoms with Crippen LogP contribution in [0.2, 0.25) is 0 Å². The SMILES string of the molecule is N#Cc1cccc(-c2ccc3c(c2)c2ccccc2n3-c2cc(C#N)cc(-n3c4ccccc4c4cc(-c5cccc(C#N)c5)ccc43)c2-c2cc(C(F)(F)F)ccc2C#N)c1. The van der Waals surface area contributed by atoms with Gasteiger partial charge in [-0.3, -0.25) is 0 Å². The summed E-state index contributed by atoms with van der Waals surface area (Å²) in [5, 5.41) is 44.0.